The highest BCUT2D eigenvalue weighted by atomic mass is 16.5. The van der Waals surface area contributed by atoms with E-state index in [-0.39, 0.29) is 23.9 Å². The van der Waals surface area contributed by atoms with Gasteiger partial charge in [0.2, 0.25) is 0 Å². The second kappa shape index (κ2) is 4.14. The fraction of sp³-hybridized carbons (Fsp3) is 0.154. The lowest BCUT2D eigenvalue weighted by molar-refractivity contribution is 0.0851. The predicted octanol–water partition coefficient (Wildman–Crippen LogP) is 1.15. The van der Waals surface area contributed by atoms with Crippen LogP contribution in [0.4, 0.5) is 5.82 Å². The number of nitriles is 1. The second-order valence-electron chi connectivity index (χ2n) is 4.21. The molecule has 0 bridgehead atoms. The van der Waals surface area contributed by atoms with Crippen LogP contribution in [0.3, 0.4) is 0 Å². The number of ether oxygens (including phenoxy) is 1. The van der Waals surface area contributed by atoms with Crippen LogP contribution in [0, 0.1) is 11.3 Å². The predicted molar refractivity (Wildman–Crippen MR) is 66.7 cm³/mol. The summed E-state index contributed by atoms with van der Waals surface area (Å²) in [6, 6.07) is 9.24. The first kappa shape index (κ1) is 11.3. The van der Waals surface area contributed by atoms with Crippen molar-refractivity contribution in [1.29, 1.82) is 5.26 Å². The molecule has 2 N–H and O–H groups in total. The van der Waals surface area contributed by atoms with Gasteiger partial charge in [0.25, 0.3) is 5.91 Å². The maximum atomic E-state index is 12.4. The number of nitrogens with two attached hydrogens (primary N) is 1. The second-order valence-corrected chi connectivity index (χ2v) is 4.21. The summed E-state index contributed by atoms with van der Waals surface area (Å²) in [6.07, 6.45) is 1.29. The van der Waals surface area contributed by atoms with Crippen molar-refractivity contribution in [3.8, 4) is 11.8 Å². The van der Waals surface area contributed by atoms with Crippen LogP contribution in [-0.4, -0.2) is 22.3 Å². The number of fused-ring (bicyclic) bond motifs is 1. The first-order chi connectivity index (χ1) is 9.22. The van der Waals surface area contributed by atoms with E-state index in [9.17, 15) is 4.79 Å². The van der Waals surface area contributed by atoms with Gasteiger partial charge in [0.1, 0.15) is 35.7 Å². The third-order valence-electron chi connectivity index (χ3n) is 3.13. The lowest BCUT2D eigenvalue weighted by Crippen LogP contribution is -2.23. The molecule has 94 valence electrons. The maximum Gasteiger partial charge on any atom is 0.259 e. The van der Waals surface area contributed by atoms with Gasteiger partial charge in [0.15, 0.2) is 0 Å². The van der Waals surface area contributed by atoms with Crippen molar-refractivity contribution in [3.05, 3.63) is 41.6 Å². The molecule has 0 saturated carbocycles. The number of hydrogen-bond donors (Lipinski definition) is 1. The molecular formula is C13H10N4O2. The van der Waals surface area contributed by atoms with Crippen LogP contribution in [-0.2, 0) is 0 Å². The van der Waals surface area contributed by atoms with Crippen molar-refractivity contribution in [1.82, 2.24) is 9.78 Å². The maximum absolute atomic E-state index is 12.4. The van der Waals surface area contributed by atoms with Gasteiger partial charge in [-0.2, -0.15) is 15.0 Å². The van der Waals surface area contributed by atoms with Crippen LogP contribution in [0.15, 0.2) is 30.5 Å². The number of benzene rings is 1. The number of nitrogen functional groups attached to an aromatic ring is 1. The Morgan fingerprint density at radius 2 is 2.32 bits per heavy atom. The highest BCUT2D eigenvalue weighted by Crippen LogP contribution is 2.34. The number of anilines is 1. The monoisotopic (exact) mass is 254 g/mol. The molecule has 0 spiro atoms. The summed E-state index contributed by atoms with van der Waals surface area (Å²) in [5.74, 6) is 0.0397. The van der Waals surface area contributed by atoms with Gasteiger partial charge >= 0.3 is 0 Å². The zero-order chi connectivity index (χ0) is 13.4. The van der Waals surface area contributed by atoms with Gasteiger partial charge in [-0.05, 0) is 6.07 Å². The quantitative estimate of drug-likeness (QED) is 0.823. The number of para-hydroxylation sites is 1. The molecule has 2 aromatic rings. The fourth-order valence-electron chi connectivity index (χ4n) is 2.13. The minimum absolute atomic E-state index is 0.0666. The van der Waals surface area contributed by atoms with Crippen molar-refractivity contribution in [2.24, 2.45) is 0 Å². The molecule has 6 heteroatoms. The van der Waals surface area contributed by atoms with E-state index in [0.717, 1.165) is 10.2 Å². The lowest BCUT2D eigenvalue weighted by Gasteiger charge is -2.08. The summed E-state index contributed by atoms with van der Waals surface area (Å²) in [5.41, 5.74) is 6.73. The summed E-state index contributed by atoms with van der Waals surface area (Å²) in [7, 11) is 0. The van der Waals surface area contributed by atoms with Crippen molar-refractivity contribution in [2.45, 2.75) is 5.92 Å². The van der Waals surface area contributed by atoms with E-state index in [0.29, 0.717) is 5.75 Å². The Labute approximate surface area is 109 Å². The van der Waals surface area contributed by atoms with Crippen LogP contribution in [0.2, 0.25) is 0 Å². The highest BCUT2D eigenvalue weighted by Gasteiger charge is 2.32. The van der Waals surface area contributed by atoms with Crippen molar-refractivity contribution < 1.29 is 9.53 Å². The van der Waals surface area contributed by atoms with E-state index in [1.54, 1.807) is 0 Å². The molecule has 0 amide bonds. The van der Waals surface area contributed by atoms with Gasteiger partial charge in [-0.3, -0.25) is 4.79 Å². The Bertz CT molecular complexity index is 699. The van der Waals surface area contributed by atoms with E-state index in [2.05, 4.69) is 5.10 Å². The smallest absolute Gasteiger partial charge is 0.259 e. The first-order valence-electron chi connectivity index (χ1n) is 5.72. The van der Waals surface area contributed by atoms with Gasteiger partial charge in [-0.25, -0.2) is 0 Å². The summed E-state index contributed by atoms with van der Waals surface area (Å²) in [6.45, 7) is 0.263. The molecule has 0 saturated heterocycles. The summed E-state index contributed by atoms with van der Waals surface area (Å²) < 4.78 is 6.52. The van der Waals surface area contributed by atoms with E-state index in [1.165, 1.54) is 6.20 Å². The van der Waals surface area contributed by atoms with Crippen LogP contribution < -0.4 is 10.5 Å². The van der Waals surface area contributed by atoms with Gasteiger partial charge in [0.05, 0.1) is 6.20 Å². The topological polar surface area (TPSA) is 93.9 Å². The minimum atomic E-state index is -0.440. The zero-order valence-electron chi connectivity index (χ0n) is 9.91. The number of rotatable bonds is 1. The van der Waals surface area contributed by atoms with E-state index in [1.807, 2.05) is 30.3 Å². The molecule has 0 unspecified atom stereocenters. The summed E-state index contributed by atoms with van der Waals surface area (Å²) >= 11 is 0. The first-order valence-corrected chi connectivity index (χ1v) is 5.72. The normalized spacial score (nSPS) is 16.5. The van der Waals surface area contributed by atoms with Crippen LogP contribution in [0.5, 0.6) is 5.75 Å². The van der Waals surface area contributed by atoms with Crippen LogP contribution >= 0.6 is 0 Å². The Morgan fingerprint density at radius 1 is 1.53 bits per heavy atom. The Kier molecular flexibility index (Phi) is 2.46. The molecule has 0 aliphatic carbocycles. The molecule has 2 heterocycles. The third kappa shape index (κ3) is 1.64. The van der Waals surface area contributed by atoms with Gasteiger partial charge in [0, 0.05) is 5.56 Å². The molecular weight excluding hydrogens is 244 g/mol. The average molecular weight is 254 g/mol. The average Bonchev–Trinajstić information content (AvgIpc) is 3.01. The molecule has 1 aliphatic rings. The van der Waals surface area contributed by atoms with Gasteiger partial charge in [-0.15, -0.1) is 0 Å². The SMILES string of the molecule is N#Cc1cnn(C(=O)[C@H]2COc3ccccc32)c1N. The zero-order valence-corrected chi connectivity index (χ0v) is 9.91. The molecule has 19 heavy (non-hydrogen) atoms. The third-order valence-corrected chi connectivity index (χ3v) is 3.13. The van der Waals surface area contributed by atoms with Crippen molar-refractivity contribution in [3.63, 3.8) is 0 Å². The van der Waals surface area contributed by atoms with Crippen LogP contribution in [0.1, 0.15) is 21.8 Å². The minimum Gasteiger partial charge on any atom is -0.492 e. The molecule has 6 nitrogen and oxygen atoms in total. The Balaban J connectivity index is 1.98. The fourth-order valence-corrected chi connectivity index (χ4v) is 2.13. The molecule has 3 rings (SSSR count). The summed E-state index contributed by atoms with van der Waals surface area (Å²) in [4.78, 5) is 12.4. The number of carbonyl (C=O) groups excluding carboxylic acids is 1. The highest BCUT2D eigenvalue weighted by molar-refractivity contribution is 5.89. The van der Waals surface area contributed by atoms with Crippen LogP contribution in [0.25, 0.3) is 0 Å². The van der Waals surface area contributed by atoms with Gasteiger partial charge < -0.3 is 10.5 Å². The van der Waals surface area contributed by atoms with Crippen molar-refractivity contribution in [2.75, 3.05) is 12.3 Å². The molecule has 0 fully saturated rings. The standard InChI is InChI=1S/C13H10N4O2/c14-5-8-6-16-17(12(8)15)13(18)10-7-19-11-4-2-1-3-9(10)11/h1-4,6,10H,7,15H2/t10-/m0/s1. The lowest BCUT2D eigenvalue weighted by atomic mass is 10.0. The van der Waals surface area contributed by atoms with E-state index in [4.69, 9.17) is 15.7 Å². The van der Waals surface area contributed by atoms with Crippen molar-refractivity contribution >= 4 is 11.7 Å². The molecule has 1 aromatic carbocycles. The molecule has 1 aliphatic heterocycles. The van der Waals surface area contributed by atoms with Gasteiger partial charge in [-0.1, -0.05) is 18.2 Å². The Hall–Kier alpha value is -2.81. The number of aromatic nitrogens is 2. The van der Waals surface area contributed by atoms with E-state index >= 15 is 0 Å². The number of nitrogens with zero attached hydrogens (tertiary/aromatic N) is 3. The number of carbonyl (C=O) groups is 1. The Morgan fingerprint density at radius 3 is 3.05 bits per heavy atom. The molecule has 1 atom stereocenters. The largest absolute Gasteiger partial charge is 0.492 e. The molecule has 0 radical (unpaired) electrons. The van der Waals surface area contributed by atoms with E-state index < -0.39 is 5.92 Å². The molecule has 1 aromatic heterocycles. The number of hydrogen-bond acceptors (Lipinski definition) is 5. The summed E-state index contributed by atoms with van der Waals surface area (Å²) in [5, 5.41) is 12.7.